The van der Waals surface area contributed by atoms with E-state index < -0.39 is 6.10 Å². The third-order valence-corrected chi connectivity index (χ3v) is 5.28. The van der Waals surface area contributed by atoms with Crippen molar-refractivity contribution in [1.29, 1.82) is 0 Å². The molecule has 1 aliphatic rings. The van der Waals surface area contributed by atoms with Crippen LogP contribution in [0.1, 0.15) is 18.6 Å². The molecule has 0 spiro atoms. The molecule has 1 aliphatic heterocycles. The van der Waals surface area contributed by atoms with Crippen molar-refractivity contribution < 1.29 is 5.11 Å². The number of aliphatic hydroxyl groups excluding tert-OH is 1. The molecule has 1 N–H and O–H groups in total. The second-order valence-corrected chi connectivity index (χ2v) is 6.20. The van der Waals surface area contributed by atoms with Gasteiger partial charge in [0.25, 0.3) is 0 Å². The van der Waals surface area contributed by atoms with E-state index in [1.807, 2.05) is 6.07 Å². The van der Waals surface area contributed by atoms with E-state index in [1.54, 1.807) is 30.4 Å². The largest absolute Gasteiger partial charge is 0.389 e. The van der Waals surface area contributed by atoms with Crippen molar-refractivity contribution in [2.75, 3.05) is 0 Å². The fourth-order valence-corrected chi connectivity index (χ4v) is 4.07. The highest BCUT2D eigenvalue weighted by Crippen LogP contribution is 2.48. The van der Waals surface area contributed by atoms with E-state index in [4.69, 9.17) is 0 Å². The number of hydrogen-bond acceptors (Lipinski definition) is 3. The number of hydrogen-bond donors (Lipinski definition) is 1. The monoisotopic (exact) mass is 260 g/mol. The van der Waals surface area contributed by atoms with E-state index in [0.29, 0.717) is 0 Å². The summed E-state index contributed by atoms with van der Waals surface area (Å²) in [4.78, 5) is 5.13. The van der Waals surface area contributed by atoms with Gasteiger partial charge in [0.15, 0.2) is 0 Å². The van der Waals surface area contributed by atoms with Crippen LogP contribution in [-0.2, 0) is 0 Å². The molecule has 3 rings (SSSR count). The summed E-state index contributed by atoms with van der Waals surface area (Å²) in [7, 11) is 0. The van der Waals surface area contributed by atoms with Crippen LogP contribution in [0.5, 0.6) is 0 Å². The normalized spacial score (nSPS) is 14.9. The predicted octanol–water partition coefficient (Wildman–Crippen LogP) is 4.36. The molecule has 0 unspecified atom stereocenters. The summed E-state index contributed by atoms with van der Waals surface area (Å²) < 4.78 is 0. The Morgan fingerprint density at radius 3 is 2.12 bits per heavy atom. The van der Waals surface area contributed by atoms with Crippen molar-refractivity contribution in [3.8, 4) is 0 Å². The maximum Gasteiger partial charge on any atom is 0.0762 e. The Hall–Kier alpha value is -0.900. The van der Waals surface area contributed by atoms with Gasteiger partial charge in [0.2, 0.25) is 0 Å². The molecule has 2 aromatic rings. The molecule has 1 nitrogen and oxygen atoms in total. The Morgan fingerprint density at radius 2 is 1.47 bits per heavy atom. The lowest BCUT2D eigenvalue weighted by atomic mass is 10.1. The first-order valence-electron chi connectivity index (χ1n) is 5.51. The van der Waals surface area contributed by atoms with E-state index in [9.17, 15) is 5.11 Å². The third-order valence-electron chi connectivity index (χ3n) is 2.74. The quantitative estimate of drug-likeness (QED) is 0.702. The first-order valence-corrected chi connectivity index (χ1v) is 7.14. The smallest absolute Gasteiger partial charge is 0.0762 e. The Labute approximate surface area is 109 Å². The summed E-state index contributed by atoms with van der Waals surface area (Å²) in [6.07, 6.45) is -0.400. The zero-order chi connectivity index (χ0) is 11.8. The number of rotatable bonds is 1. The number of fused-ring (bicyclic) bond motifs is 2. The lowest BCUT2D eigenvalue weighted by Gasteiger charge is -2.19. The maximum atomic E-state index is 9.60. The van der Waals surface area contributed by atoms with Crippen LogP contribution in [0.25, 0.3) is 0 Å². The molecule has 0 aliphatic carbocycles. The first kappa shape index (κ1) is 11.2. The van der Waals surface area contributed by atoms with Crippen molar-refractivity contribution in [3.05, 3.63) is 48.0 Å². The molecule has 2 aromatic carbocycles. The minimum absolute atomic E-state index is 0.400. The molecular weight excluding hydrogens is 248 g/mol. The van der Waals surface area contributed by atoms with Crippen LogP contribution in [-0.4, -0.2) is 5.11 Å². The minimum Gasteiger partial charge on any atom is -0.389 e. The molecule has 0 aromatic heterocycles. The van der Waals surface area contributed by atoms with Gasteiger partial charge >= 0.3 is 0 Å². The molecule has 0 radical (unpaired) electrons. The third kappa shape index (κ3) is 2.10. The topological polar surface area (TPSA) is 20.2 Å². The summed E-state index contributed by atoms with van der Waals surface area (Å²) in [5, 5.41) is 9.60. The summed E-state index contributed by atoms with van der Waals surface area (Å²) in [5.74, 6) is 0. The molecule has 86 valence electrons. The van der Waals surface area contributed by atoms with Crippen LogP contribution in [0, 0.1) is 0 Å². The van der Waals surface area contributed by atoms with Gasteiger partial charge in [0.05, 0.1) is 6.10 Å². The van der Waals surface area contributed by atoms with E-state index in [2.05, 4.69) is 36.4 Å². The molecule has 0 amide bonds. The second-order valence-electron chi connectivity index (χ2n) is 4.03. The van der Waals surface area contributed by atoms with Crippen molar-refractivity contribution in [2.45, 2.75) is 32.6 Å². The van der Waals surface area contributed by atoms with Gasteiger partial charge in [-0.15, -0.1) is 0 Å². The van der Waals surface area contributed by atoms with Gasteiger partial charge in [-0.3, -0.25) is 0 Å². The zero-order valence-corrected chi connectivity index (χ0v) is 11.0. The van der Waals surface area contributed by atoms with E-state index in [0.717, 1.165) is 5.56 Å². The highest BCUT2D eigenvalue weighted by Gasteiger charge is 2.17. The Kier molecular flexibility index (Phi) is 2.90. The van der Waals surface area contributed by atoms with Crippen molar-refractivity contribution in [2.24, 2.45) is 0 Å². The molecule has 0 saturated carbocycles. The van der Waals surface area contributed by atoms with Crippen LogP contribution in [0.3, 0.4) is 0 Å². The van der Waals surface area contributed by atoms with Crippen molar-refractivity contribution in [3.63, 3.8) is 0 Å². The summed E-state index contributed by atoms with van der Waals surface area (Å²) >= 11 is 3.58. The predicted molar refractivity (Wildman–Crippen MR) is 71.8 cm³/mol. The van der Waals surface area contributed by atoms with E-state index in [1.165, 1.54) is 19.6 Å². The Balaban J connectivity index is 2.03. The fourth-order valence-electron chi connectivity index (χ4n) is 1.80. The molecule has 17 heavy (non-hydrogen) atoms. The van der Waals surface area contributed by atoms with Gasteiger partial charge in [-0.25, -0.2) is 0 Å². The summed E-state index contributed by atoms with van der Waals surface area (Å²) in [5.41, 5.74) is 0.983. The van der Waals surface area contributed by atoms with Gasteiger partial charge in [-0.1, -0.05) is 41.7 Å². The summed E-state index contributed by atoms with van der Waals surface area (Å²) in [6.45, 7) is 1.80. The van der Waals surface area contributed by atoms with Crippen LogP contribution in [0.15, 0.2) is 62.0 Å². The fraction of sp³-hybridized carbons (Fsp3) is 0.143. The molecule has 0 fully saturated rings. The van der Waals surface area contributed by atoms with Gasteiger partial charge in [-0.2, -0.15) is 0 Å². The molecular formula is C14H12OS2. The van der Waals surface area contributed by atoms with Gasteiger partial charge in [0.1, 0.15) is 0 Å². The van der Waals surface area contributed by atoms with Crippen molar-refractivity contribution >= 4 is 23.5 Å². The highest BCUT2D eigenvalue weighted by molar-refractivity contribution is 8.05. The van der Waals surface area contributed by atoms with Crippen LogP contribution >= 0.6 is 23.5 Å². The van der Waals surface area contributed by atoms with E-state index in [-0.39, 0.29) is 0 Å². The lowest BCUT2D eigenvalue weighted by Crippen LogP contribution is -1.94. The average molecular weight is 260 g/mol. The zero-order valence-electron chi connectivity index (χ0n) is 9.38. The molecule has 1 heterocycles. The minimum atomic E-state index is -0.400. The number of benzene rings is 2. The lowest BCUT2D eigenvalue weighted by molar-refractivity contribution is 0.199. The summed E-state index contributed by atoms with van der Waals surface area (Å²) in [6, 6.07) is 14.6. The molecule has 0 saturated heterocycles. The average Bonchev–Trinajstić information content (AvgIpc) is 2.35. The standard InChI is InChI=1S/C14H12OS2/c1-9(15)10-6-7-13-14(8-10)17-12-5-3-2-4-11(12)16-13/h2-9,15H,1H3/t9-/m0/s1. The van der Waals surface area contributed by atoms with Crippen molar-refractivity contribution in [1.82, 2.24) is 0 Å². The Bertz CT molecular complexity index is 564. The SMILES string of the molecule is C[C@H](O)c1ccc2c(c1)Sc1ccccc1S2. The molecule has 1 atom stereocenters. The molecule has 0 bridgehead atoms. The van der Waals surface area contributed by atoms with Gasteiger partial charge in [-0.05, 0) is 36.8 Å². The number of aliphatic hydroxyl groups is 1. The van der Waals surface area contributed by atoms with Crippen LogP contribution in [0.2, 0.25) is 0 Å². The highest BCUT2D eigenvalue weighted by atomic mass is 32.2. The van der Waals surface area contributed by atoms with Gasteiger partial charge in [0, 0.05) is 19.6 Å². The second kappa shape index (κ2) is 4.41. The van der Waals surface area contributed by atoms with Crippen LogP contribution in [0.4, 0.5) is 0 Å². The maximum absolute atomic E-state index is 9.60. The first-order chi connectivity index (χ1) is 8.24. The van der Waals surface area contributed by atoms with E-state index >= 15 is 0 Å². The molecule has 3 heteroatoms. The van der Waals surface area contributed by atoms with Crippen LogP contribution < -0.4 is 0 Å². The Morgan fingerprint density at radius 1 is 0.882 bits per heavy atom. The van der Waals surface area contributed by atoms with Gasteiger partial charge < -0.3 is 5.11 Å².